The summed E-state index contributed by atoms with van der Waals surface area (Å²) in [7, 11) is -2.14. The first-order valence-electron chi connectivity index (χ1n) is 13.6. The second-order valence-electron chi connectivity index (χ2n) is 10.6. The van der Waals surface area contributed by atoms with E-state index in [-0.39, 0.29) is 39.7 Å². The summed E-state index contributed by atoms with van der Waals surface area (Å²) in [6, 6.07) is 10.6. The first kappa shape index (κ1) is 29.9. The van der Waals surface area contributed by atoms with Crippen LogP contribution in [0.1, 0.15) is 17.4 Å². The van der Waals surface area contributed by atoms with Gasteiger partial charge in [0.25, 0.3) is 5.56 Å². The molecule has 230 valence electrons. The predicted molar refractivity (Wildman–Crippen MR) is 165 cm³/mol. The van der Waals surface area contributed by atoms with Crippen LogP contribution in [0.2, 0.25) is 5.02 Å². The highest BCUT2D eigenvalue weighted by molar-refractivity contribution is 7.92. The van der Waals surface area contributed by atoms with E-state index in [9.17, 15) is 22.0 Å². The van der Waals surface area contributed by atoms with Gasteiger partial charge in [-0.3, -0.25) is 18.8 Å². The lowest BCUT2D eigenvalue weighted by molar-refractivity contribution is 0.122. The number of nitrogens with zero attached hydrogens (tertiary/aromatic N) is 5. The van der Waals surface area contributed by atoms with Gasteiger partial charge in [-0.1, -0.05) is 11.6 Å². The van der Waals surface area contributed by atoms with Crippen LogP contribution < -0.4 is 20.9 Å². The second-order valence-corrected chi connectivity index (χ2v) is 12.8. The van der Waals surface area contributed by atoms with Crippen LogP contribution in [-0.4, -0.2) is 60.3 Å². The van der Waals surface area contributed by atoms with Crippen LogP contribution in [-0.2, 0) is 28.2 Å². The Morgan fingerprint density at radius 2 is 1.80 bits per heavy atom. The van der Waals surface area contributed by atoms with E-state index in [2.05, 4.69) is 14.7 Å². The number of sulfonamides is 1. The van der Waals surface area contributed by atoms with Crippen molar-refractivity contribution in [2.24, 2.45) is 12.8 Å². The Morgan fingerprint density at radius 1 is 1.09 bits per heavy atom. The maximum atomic E-state index is 14.3. The number of anilines is 2. The fraction of sp³-hybridized carbons (Fsp3) is 0.276. The lowest BCUT2D eigenvalue weighted by Gasteiger charge is -2.29. The molecule has 0 unspecified atom stereocenters. The average molecular weight is 644 g/mol. The minimum Gasteiger partial charge on any atom is -0.378 e. The zero-order chi connectivity index (χ0) is 31.3. The van der Waals surface area contributed by atoms with Gasteiger partial charge in [0, 0.05) is 31.9 Å². The number of rotatable bonds is 7. The van der Waals surface area contributed by atoms with E-state index in [0.717, 1.165) is 18.0 Å². The molecular formula is C29H28ClF2N7O4S. The molecule has 0 saturated carbocycles. The Morgan fingerprint density at radius 3 is 2.48 bits per heavy atom. The Labute approximate surface area is 255 Å². The molecule has 11 nitrogen and oxygen atoms in total. The van der Waals surface area contributed by atoms with Crippen molar-refractivity contribution in [1.29, 1.82) is 0 Å². The lowest BCUT2D eigenvalue weighted by Crippen LogP contribution is -2.36. The van der Waals surface area contributed by atoms with Crippen molar-refractivity contribution in [1.82, 2.24) is 19.3 Å². The van der Waals surface area contributed by atoms with Gasteiger partial charge >= 0.3 is 0 Å². The zero-order valence-corrected chi connectivity index (χ0v) is 25.3. The van der Waals surface area contributed by atoms with Gasteiger partial charge < -0.3 is 15.4 Å². The van der Waals surface area contributed by atoms with Crippen LogP contribution in [0.25, 0.3) is 27.5 Å². The number of aromatic nitrogens is 4. The van der Waals surface area contributed by atoms with E-state index >= 15 is 0 Å². The highest BCUT2D eigenvalue weighted by Crippen LogP contribution is 2.35. The number of aryl methyl sites for hydroxylation is 1. The van der Waals surface area contributed by atoms with Crippen molar-refractivity contribution in [3.63, 3.8) is 0 Å². The molecule has 1 aliphatic rings. The average Bonchev–Trinajstić information content (AvgIpc) is 3.28. The highest BCUT2D eigenvalue weighted by Gasteiger charge is 2.25. The molecule has 0 radical (unpaired) electrons. The first-order chi connectivity index (χ1) is 20.9. The third kappa shape index (κ3) is 5.73. The molecule has 3 aromatic carbocycles. The maximum Gasteiger partial charge on any atom is 0.266 e. The minimum atomic E-state index is -3.72. The number of halogens is 3. The minimum absolute atomic E-state index is 0.0186. The van der Waals surface area contributed by atoms with Crippen LogP contribution in [0.5, 0.6) is 0 Å². The molecule has 1 aliphatic heterocycles. The van der Waals surface area contributed by atoms with Crippen molar-refractivity contribution < 1.29 is 21.9 Å². The third-order valence-corrected chi connectivity index (χ3v) is 8.28. The summed E-state index contributed by atoms with van der Waals surface area (Å²) in [5.41, 5.74) is 8.36. The van der Waals surface area contributed by atoms with Crippen molar-refractivity contribution in [2.45, 2.75) is 12.5 Å². The van der Waals surface area contributed by atoms with Gasteiger partial charge in [-0.25, -0.2) is 22.2 Å². The smallest absolute Gasteiger partial charge is 0.266 e. The van der Waals surface area contributed by atoms with Gasteiger partial charge in [0.1, 0.15) is 17.5 Å². The van der Waals surface area contributed by atoms with Gasteiger partial charge in [-0.15, -0.1) is 0 Å². The molecule has 1 saturated heterocycles. The predicted octanol–water partition coefficient (Wildman–Crippen LogP) is 3.65. The van der Waals surface area contributed by atoms with Crippen LogP contribution in [0, 0.1) is 11.6 Å². The Kier molecular flexibility index (Phi) is 7.78. The number of nitrogens with two attached hydrogens (primary N) is 1. The Bertz CT molecular complexity index is 2080. The van der Waals surface area contributed by atoms with E-state index in [4.69, 9.17) is 27.1 Å². The van der Waals surface area contributed by atoms with Crippen LogP contribution in [0.4, 0.5) is 20.3 Å². The second kappa shape index (κ2) is 11.4. The molecule has 15 heteroatoms. The van der Waals surface area contributed by atoms with E-state index in [1.807, 2.05) is 6.07 Å². The van der Waals surface area contributed by atoms with Crippen molar-refractivity contribution in [2.75, 3.05) is 42.2 Å². The Balaban J connectivity index is 1.60. The zero-order valence-electron chi connectivity index (χ0n) is 23.7. The number of hydrogen-bond donors (Lipinski definition) is 2. The van der Waals surface area contributed by atoms with Crippen molar-refractivity contribution in [3.8, 4) is 5.69 Å². The molecule has 44 heavy (non-hydrogen) atoms. The number of benzene rings is 3. The SMILES string of the molecule is Cn1nc(NS(C)(=O)=O)c2c(Cl)ccc(-n3c([C@@H](N)Cc4cc(F)cc(F)c4)nc4cc(N5CCOCC5)ccc4c3=O)c21. The molecule has 3 heterocycles. The van der Waals surface area contributed by atoms with Gasteiger partial charge in [0.2, 0.25) is 10.0 Å². The van der Waals surface area contributed by atoms with Gasteiger partial charge in [-0.05, 0) is 54.4 Å². The van der Waals surface area contributed by atoms with Crippen LogP contribution in [0.15, 0.2) is 53.3 Å². The van der Waals surface area contributed by atoms with E-state index in [1.165, 1.54) is 27.4 Å². The maximum absolute atomic E-state index is 14.3. The summed E-state index contributed by atoms with van der Waals surface area (Å²) in [5, 5.41) is 5.07. The van der Waals surface area contributed by atoms with Crippen molar-refractivity contribution in [3.05, 3.63) is 86.9 Å². The van der Waals surface area contributed by atoms with E-state index in [0.29, 0.717) is 42.7 Å². The molecule has 0 aliphatic carbocycles. The normalized spacial score (nSPS) is 14.8. The van der Waals surface area contributed by atoms with E-state index < -0.39 is 33.3 Å². The van der Waals surface area contributed by atoms with Gasteiger partial charge in [-0.2, -0.15) is 5.10 Å². The molecule has 0 spiro atoms. The molecule has 0 bridgehead atoms. The molecule has 5 aromatic rings. The quantitative estimate of drug-likeness (QED) is 0.274. The van der Waals surface area contributed by atoms with Gasteiger partial charge in [0.05, 0.1) is 58.0 Å². The summed E-state index contributed by atoms with van der Waals surface area (Å²) in [6.07, 6.45) is 0.944. The number of ether oxygens (including phenoxy) is 1. The van der Waals surface area contributed by atoms with Crippen LogP contribution >= 0.6 is 11.6 Å². The molecule has 1 fully saturated rings. The van der Waals surface area contributed by atoms with Crippen LogP contribution in [0.3, 0.4) is 0 Å². The molecule has 0 amide bonds. The van der Waals surface area contributed by atoms with E-state index in [1.54, 1.807) is 25.2 Å². The lowest BCUT2D eigenvalue weighted by atomic mass is 10.0. The van der Waals surface area contributed by atoms with Gasteiger partial charge in [0.15, 0.2) is 5.82 Å². The number of nitrogens with one attached hydrogen (secondary N) is 1. The number of hydrogen-bond acceptors (Lipinski definition) is 8. The molecule has 6 rings (SSSR count). The highest BCUT2D eigenvalue weighted by atomic mass is 35.5. The number of morpholine rings is 1. The Hall–Kier alpha value is -4.11. The topological polar surface area (TPSA) is 137 Å². The largest absolute Gasteiger partial charge is 0.378 e. The summed E-state index contributed by atoms with van der Waals surface area (Å²) < 4.78 is 62.8. The summed E-state index contributed by atoms with van der Waals surface area (Å²) in [6.45, 7) is 2.49. The first-order valence-corrected chi connectivity index (χ1v) is 15.9. The molecule has 1 atom stereocenters. The molecule has 2 aromatic heterocycles. The van der Waals surface area contributed by atoms with Crippen molar-refractivity contribution >= 4 is 54.9 Å². The monoisotopic (exact) mass is 643 g/mol. The summed E-state index contributed by atoms with van der Waals surface area (Å²) in [4.78, 5) is 21.3. The summed E-state index contributed by atoms with van der Waals surface area (Å²) >= 11 is 6.53. The molecular weight excluding hydrogens is 616 g/mol. The standard InChI is InChI=1S/C29H28ClF2N7O4S/c1-37-26-24(6-5-21(30)25(26)27(35-37)36-44(2,41)42)39-28(22(33)13-16-11-17(31)14-18(32)12-16)34-23-15-19(3-4-20(23)29(39)40)38-7-9-43-10-8-38/h3-6,11-12,14-15,22H,7-10,13,33H2,1-2H3,(H,35,36)/t22-/m0/s1. The molecule has 3 N–H and O–H groups in total. The third-order valence-electron chi connectivity index (χ3n) is 7.40. The fourth-order valence-corrected chi connectivity index (χ4v) is 6.29. The number of fused-ring (bicyclic) bond motifs is 2. The fourth-order valence-electron chi connectivity index (χ4n) is 5.55. The summed E-state index contributed by atoms with van der Waals surface area (Å²) in [5.74, 6) is -1.42.